The topological polar surface area (TPSA) is 70.1 Å². The van der Waals surface area contributed by atoms with E-state index in [-0.39, 0.29) is 36.6 Å². The van der Waals surface area contributed by atoms with Crippen LogP contribution in [0.15, 0.2) is 53.3 Å². The molecule has 0 spiro atoms. The molecule has 3 aromatic rings. The molecule has 2 N–H and O–H groups in total. The van der Waals surface area contributed by atoms with Crippen LogP contribution in [0.1, 0.15) is 24.1 Å². The Bertz CT molecular complexity index is 1010. The summed E-state index contributed by atoms with van der Waals surface area (Å²) in [7, 11) is 0. The molecule has 0 radical (unpaired) electrons. The molecule has 2 aromatic carbocycles. The summed E-state index contributed by atoms with van der Waals surface area (Å²) < 4.78 is 1.52. The monoisotopic (exact) mass is 400 g/mol. The molecule has 1 unspecified atom stereocenters. The van der Waals surface area contributed by atoms with Crippen molar-refractivity contribution in [2.45, 2.75) is 25.9 Å². The minimum atomic E-state index is -0.247. The first-order valence-corrected chi connectivity index (χ1v) is 9.44. The number of piperazine rings is 1. The first kappa shape index (κ1) is 20.2. The van der Waals surface area contributed by atoms with E-state index in [9.17, 15) is 9.59 Å². The van der Waals surface area contributed by atoms with Crippen LogP contribution in [0.25, 0.3) is 11.0 Å². The quantitative estimate of drug-likeness (QED) is 0.706. The molecule has 7 heteroatoms. The van der Waals surface area contributed by atoms with E-state index in [4.69, 9.17) is 0 Å². The highest BCUT2D eigenvalue weighted by Crippen LogP contribution is 2.23. The largest absolute Gasteiger partial charge is 0.332 e. The van der Waals surface area contributed by atoms with Crippen LogP contribution in [0.5, 0.6) is 0 Å². The van der Waals surface area contributed by atoms with E-state index in [1.807, 2.05) is 29.2 Å². The number of hydrogen-bond acceptors (Lipinski definition) is 3. The summed E-state index contributed by atoms with van der Waals surface area (Å²) in [5.41, 5.74) is 3.67. The van der Waals surface area contributed by atoms with E-state index in [0.717, 1.165) is 36.1 Å². The normalized spacial score (nSPS) is 16.8. The summed E-state index contributed by atoms with van der Waals surface area (Å²) in [5, 5.41) is 3.38. The fourth-order valence-corrected chi connectivity index (χ4v) is 3.77. The van der Waals surface area contributed by atoms with Crippen molar-refractivity contribution >= 4 is 29.3 Å². The highest BCUT2D eigenvalue weighted by atomic mass is 35.5. The van der Waals surface area contributed by atoms with Gasteiger partial charge in [-0.05, 0) is 29.7 Å². The van der Waals surface area contributed by atoms with Crippen molar-refractivity contribution in [3.63, 3.8) is 0 Å². The molecule has 1 saturated heterocycles. The summed E-state index contributed by atoms with van der Waals surface area (Å²) in [6.45, 7) is 4.30. The van der Waals surface area contributed by atoms with Gasteiger partial charge in [0.25, 0.3) is 0 Å². The number of hydrogen-bond donors (Lipinski definition) is 2. The number of para-hydroxylation sites is 2. The molecule has 2 heterocycles. The van der Waals surface area contributed by atoms with Crippen LogP contribution < -0.4 is 11.0 Å². The molecule has 1 aromatic heterocycles. The Balaban J connectivity index is 0.00000225. The van der Waals surface area contributed by atoms with Crippen LogP contribution in [0, 0.1) is 0 Å². The van der Waals surface area contributed by atoms with Gasteiger partial charge in [-0.15, -0.1) is 12.4 Å². The second kappa shape index (κ2) is 8.63. The number of aryl methyl sites for hydroxylation is 1. The Labute approximate surface area is 170 Å². The number of aromatic nitrogens is 2. The van der Waals surface area contributed by atoms with Crippen LogP contribution in [-0.4, -0.2) is 40.0 Å². The molecule has 28 heavy (non-hydrogen) atoms. The van der Waals surface area contributed by atoms with Gasteiger partial charge in [0.1, 0.15) is 6.54 Å². The van der Waals surface area contributed by atoms with E-state index in [0.29, 0.717) is 6.54 Å². The van der Waals surface area contributed by atoms with Crippen molar-refractivity contribution in [1.29, 1.82) is 0 Å². The molecule has 1 aliphatic heterocycles. The van der Waals surface area contributed by atoms with Crippen LogP contribution >= 0.6 is 12.4 Å². The number of aromatic amines is 1. The Kier molecular flexibility index (Phi) is 6.21. The molecule has 0 bridgehead atoms. The molecule has 1 atom stereocenters. The lowest BCUT2D eigenvalue weighted by Gasteiger charge is -2.36. The SMILES string of the molecule is CCc1ccc(C2CNCCN2C(=O)Cn2c(=O)[nH]c3ccccc32)cc1.Cl. The number of nitrogens with one attached hydrogen (secondary N) is 2. The third kappa shape index (κ3) is 3.84. The maximum atomic E-state index is 13.1. The molecule has 6 nitrogen and oxygen atoms in total. The molecule has 4 rings (SSSR count). The van der Waals surface area contributed by atoms with E-state index in [1.54, 1.807) is 0 Å². The molecular weight excluding hydrogens is 376 g/mol. The lowest BCUT2D eigenvalue weighted by molar-refractivity contribution is -0.135. The lowest BCUT2D eigenvalue weighted by Crippen LogP contribution is -2.50. The first-order chi connectivity index (χ1) is 13.2. The highest BCUT2D eigenvalue weighted by molar-refractivity contribution is 5.85. The Morgan fingerprint density at radius 2 is 1.89 bits per heavy atom. The summed E-state index contributed by atoms with van der Waals surface area (Å²) in [4.78, 5) is 30.1. The molecule has 1 amide bonds. The van der Waals surface area contributed by atoms with Gasteiger partial charge in [-0.3, -0.25) is 9.36 Å². The molecule has 1 aliphatic rings. The van der Waals surface area contributed by atoms with E-state index in [2.05, 4.69) is 41.5 Å². The molecule has 0 saturated carbocycles. The number of H-pyrrole nitrogens is 1. The molecule has 1 fully saturated rings. The smallest absolute Gasteiger partial charge is 0.326 e. The van der Waals surface area contributed by atoms with Crippen molar-refractivity contribution in [3.8, 4) is 0 Å². The number of rotatable bonds is 4. The van der Waals surface area contributed by atoms with Crippen molar-refractivity contribution in [2.24, 2.45) is 0 Å². The van der Waals surface area contributed by atoms with Crippen molar-refractivity contribution < 1.29 is 4.79 Å². The number of fused-ring (bicyclic) bond motifs is 1. The third-order valence-corrected chi connectivity index (χ3v) is 5.31. The number of carbonyl (C=O) groups is 1. The minimum Gasteiger partial charge on any atom is -0.332 e. The van der Waals surface area contributed by atoms with Gasteiger partial charge in [-0.25, -0.2) is 4.79 Å². The predicted octanol–water partition coefficient (Wildman–Crippen LogP) is 2.49. The minimum absolute atomic E-state index is 0. The van der Waals surface area contributed by atoms with E-state index in [1.165, 1.54) is 10.1 Å². The van der Waals surface area contributed by atoms with Crippen molar-refractivity contribution in [1.82, 2.24) is 19.8 Å². The Morgan fingerprint density at radius 1 is 1.14 bits per heavy atom. The highest BCUT2D eigenvalue weighted by Gasteiger charge is 2.28. The molecule has 0 aliphatic carbocycles. The van der Waals surface area contributed by atoms with Crippen molar-refractivity contribution in [3.05, 3.63) is 70.1 Å². The predicted molar refractivity (Wildman–Crippen MR) is 113 cm³/mol. The Morgan fingerprint density at radius 3 is 2.64 bits per heavy atom. The second-order valence-corrected chi connectivity index (χ2v) is 6.94. The van der Waals surface area contributed by atoms with Crippen LogP contribution in [-0.2, 0) is 17.8 Å². The van der Waals surface area contributed by atoms with Gasteiger partial charge in [0.15, 0.2) is 0 Å². The van der Waals surface area contributed by atoms with Gasteiger partial charge in [0.2, 0.25) is 5.91 Å². The number of nitrogens with zero attached hydrogens (tertiary/aromatic N) is 2. The lowest BCUT2D eigenvalue weighted by atomic mass is 10.0. The van der Waals surface area contributed by atoms with Crippen LogP contribution in [0.4, 0.5) is 0 Å². The zero-order chi connectivity index (χ0) is 18.8. The van der Waals surface area contributed by atoms with Gasteiger partial charge in [0.05, 0.1) is 17.1 Å². The zero-order valence-corrected chi connectivity index (χ0v) is 16.7. The van der Waals surface area contributed by atoms with Crippen molar-refractivity contribution in [2.75, 3.05) is 19.6 Å². The fraction of sp³-hybridized carbons (Fsp3) is 0.333. The number of halogens is 1. The molecule has 148 valence electrons. The van der Waals surface area contributed by atoms with Gasteiger partial charge in [0, 0.05) is 19.6 Å². The first-order valence-electron chi connectivity index (χ1n) is 9.44. The number of benzene rings is 2. The standard InChI is InChI=1S/C21H24N4O2.ClH/c1-2-15-7-9-16(10-8-15)19-13-22-11-12-24(19)20(26)14-25-18-6-4-3-5-17(18)23-21(25)27;/h3-10,19,22H,2,11-14H2,1H3,(H,23,27);1H. The third-order valence-electron chi connectivity index (χ3n) is 5.31. The fourth-order valence-electron chi connectivity index (χ4n) is 3.77. The Hall–Kier alpha value is -2.57. The average Bonchev–Trinajstić information content (AvgIpc) is 3.03. The maximum Gasteiger partial charge on any atom is 0.326 e. The van der Waals surface area contributed by atoms with E-state index < -0.39 is 0 Å². The molecular formula is C21H25ClN4O2. The van der Waals surface area contributed by atoms with Gasteiger partial charge >= 0.3 is 5.69 Å². The van der Waals surface area contributed by atoms with Crippen LogP contribution in [0.3, 0.4) is 0 Å². The zero-order valence-electron chi connectivity index (χ0n) is 15.9. The number of amides is 1. The van der Waals surface area contributed by atoms with Gasteiger partial charge < -0.3 is 15.2 Å². The summed E-state index contributed by atoms with van der Waals surface area (Å²) in [6, 6.07) is 15.9. The van der Waals surface area contributed by atoms with Crippen LogP contribution in [0.2, 0.25) is 0 Å². The average molecular weight is 401 g/mol. The number of imidazole rings is 1. The summed E-state index contributed by atoms with van der Waals surface area (Å²) >= 11 is 0. The van der Waals surface area contributed by atoms with Gasteiger partial charge in [-0.2, -0.15) is 0 Å². The summed E-state index contributed by atoms with van der Waals surface area (Å²) in [6.07, 6.45) is 0.995. The van der Waals surface area contributed by atoms with E-state index >= 15 is 0 Å². The number of carbonyl (C=O) groups excluding carboxylic acids is 1. The maximum absolute atomic E-state index is 13.1. The summed E-state index contributed by atoms with van der Waals surface area (Å²) in [5.74, 6) is -0.0343. The van der Waals surface area contributed by atoms with Gasteiger partial charge in [-0.1, -0.05) is 43.3 Å². The second-order valence-electron chi connectivity index (χ2n) is 6.94.